The first kappa shape index (κ1) is 21.0. The van der Waals surface area contributed by atoms with Crippen molar-refractivity contribution in [1.29, 1.82) is 0 Å². The molecule has 0 saturated carbocycles. The van der Waals surface area contributed by atoms with Gasteiger partial charge in [-0.3, -0.25) is 9.59 Å². The van der Waals surface area contributed by atoms with Crippen LogP contribution in [0.5, 0.6) is 0 Å². The third-order valence-electron chi connectivity index (χ3n) is 3.60. The molecule has 3 atom stereocenters. The fourth-order valence-electron chi connectivity index (χ4n) is 2.07. The lowest BCUT2D eigenvalue weighted by atomic mass is 10.1. The summed E-state index contributed by atoms with van der Waals surface area (Å²) in [4.78, 5) is 39.7. The predicted octanol–water partition coefficient (Wildman–Crippen LogP) is -0.883. The number of aromatic nitrogens is 2. The maximum absolute atomic E-state index is 12.6. The van der Waals surface area contributed by atoms with Crippen LogP contribution >= 0.6 is 11.8 Å². The first-order valence-electron chi connectivity index (χ1n) is 7.79. The Kier molecular flexibility index (Phi) is 8.42. The predicted molar refractivity (Wildman–Crippen MR) is 95.1 cm³/mol. The van der Waals surface area contributed by atoms with E-state index in [0.29, 0.717) is 12.2 Å². The molecule has 0 radical (unpaired) electrons. The fourth-order valence-corrected chi connectivity index (χ4v) is 2.54. The highest BCUT2D eigenvalue weighted by molar-refractivity contribution is 7.98. The summed E-state index contributed by atoms with van der Waals surface area (Å²) in [5.74, 6) is -1.57. The zero-order valence-electron chi connectivity index (χ0n) is 14.6. The third-order valence-corrected chi connectivity index (χ3v) is 4.25. The number of nitrogens with zero attached hydrogens (tertiary/aromatic N) is 2. The van der Waals surface area contributed by atoms with Crippen LogP contribution in [0.1, 0.15) is 19.0 Å². The lowest BCUT2D eigenvalue weighted by Gasteiger charge is -2.22. The molecule has 1 rings (SSSR count). The van der Waals surface area contributed by atoms with E-state index in [4.69, 9.17) is 5.73 Å². The minimum atomic E-state index is -1.11. The van der Waals surface area contributed by atoms with Gasteiger partial charge in [-0.2, -0.15) is 11.8 Å². The largest absolute Gasteiger partial charge is 0.480 e. The van der Waals surface area contributed by atoms with Crippen LogP contribution in [-0.2, 0) is 27.9 Å². The number of hydrogen-bond acceptors (Lipinski definition) is 6. The van der Waals surface area contributed by atoms with Gasteiger partial charge in [0.15, 0.2) is 0 Å². The first-order chi connectivity index (χ1) is 11.8. The van der Waals surface area contributed by atoms with Crippen LogP contribution in [0.4, 0.5) is 0 Å². The van der Waals surface area contributed by atoms with E-state index < -0.39 is 35.9 Å². The summed E-state index contributed by atoms with van der Waals surface area (Å²) in [5.41, 5.74) is 6.27. The number of hydrogen-bond donors (Lipinski definition) is 4. The van der Waals surface area contributed by atoms with E-state index in [0.717, 1.165) is 5.69 Å². The van der Waals surface area contributed by atoms with E-state index in [1.54, 1.807) is 24.1 Å². The number of carbonyl (C=O) groups is 3. The van der Waals surface area contributed by atoms with Gasteiger partial charge >= 0.3 is 5.97 Å². The number of nitrogens with one attached hydrogen (secondary N) is 2. The second-order valence-corrected chi connectivity index (χ2v) is 6.72. The molecule has 1 aromatic heterocycles. The van der Waals surface area contributed by atoms with Gasteiger partial charge in [-0.25, -0.2) is 9.78 Å². The zero-order valence-corrected chi connectivity index (χ0v) is 15.4. The number of imidazole rings is 1. The van der Waals surface area contributed by atoms with Crippen molar-refractivity contribution in [2.24, 2.45) is 12.8 Å². The molecule has 1 aromatic rings. The Hall–Kier alpha value is -2.07. The quantitative estimate of drug-likeness (QED) is 0.419. The van der Waals surface area contributed by atoms with Crippen LogP contribution in [0.3, 0.4) is 0 Å². The molecule has 5 N–H and O–H groups in total. The van der Waals surface area contributed by atoms with Crippen molar-refractivity contribution in [2.45, 2.75) is 37.9 Å². The second kappa shape index (κ2) is 10.0. The summed E-state index contributed by atoms with van der Waals surface area (Å²) in [7, 11) is 1.77. The molecule has 3 unspecified atom stereocenters. The van der Waals surface area contributed by atoms with E-state index in [2.05, 4.69) is 15.6 Å². The van der Waals surface area contributed by atoms with Crippen LogP contribution in [0, 0.1) is 0 Å². The van der Waals surface area contributed by atoms with E-state index in [9.17, 15) is 19.5 Å². The van der Waals surface area contributed by atoms with Crippen LogP contribution in [-0.4, -0.2) is 62.6 Å². The van der Waals surface area contributed by atoms with Crippen molar-refractivity contribution in [2.75, 3.05) is 12.0 Å². The molecule has 25 heavy (non-hydrogen) atoms. The number of nitrogens with two attached hydrogens (primary N) is 1. The van der Waals surface area contributed by atoms with Gasteiger partial charge in [0.2, 0.25) is 11.8 Å². The number of carboxylic acid groups (broad SMARTS) is 1. The van der Waals surface area contributed by atoms with Crippen LogP contribution in [0.2, 0.25) is 0 Å². The normalized spacial score (nSPS) is 14.4. The Labute approximate surface area is 150 Å². The number of carboxylic acids is 1. The molecule has 0 aliphatic rings. The molecule has 0 aromatic carbocycles. The lowest BCUT2D eigenvalue weighted by Crippen LogP contribution is -2.55. The Morgan fingerprint density at radius 2 is 1.96 bits per heavy atom. The summed E-state index contributed by atoms with van der Waals surface area (Å²) < 4.78 is 1.72. The minimum absolute atomic E-state index is 0.176. The van der Waals surface area contributed by atoms with Gasteiger partial charge in [0.25, 0.3) is 0 Å². The van der Waals surface area contributed by atoms with Gasteiger partial charge in [-0.05, 0) is 25.4 Å². The maximum Gasteiger partial charge on any atom is 0.326 e. The second-order valence-electron chi connectivity index (χ2n) is 5.73. The molecule has 1 heterocycles. The number of aliphatic carboxylic acids is 1. The molecule has 0 saturated heterocycles. The number of rotatable bonds is 10. The fraction of sp³-hybridized carbons (Fsp3) is 0.600. The topological polar surface area (TPSA) is 139 Å². The van der Waals surface area contributed by atoms with Crippen LogP contribution < -0.4 is 16.4 Å². The molecule has 140 valence electrons. The highest BCUT2D eigenvalue weighted by Gasteiger charge is 2.27. The summed E-state index contributed by atoms with van der Waals surface area (Å²) in [6.45, 7) is 1.51. The molecule has 0 aliphatic carbocycles. The highest BCUT2D eigenvalue weighted by Crippen LogP contribution is 2.05. The van der Waals surface area contributed by atoms with Gasteiger partial charge in [0.1, 0.15) is 12.1 Å². The molecule has 10 heteroatoms. The van der Waals surface area contributed by atoms with E-state index in [-0.39, 0.29) is 6.42 Å². The standard InChI is InChI=1S/C15H25N5O4S/c1-9(16)13(21)19-12(6-10-7-17-8-20(10)2)14(22)18-11(15(23)24)4-5-25-3/h7-9,11-12H,4-6,16H2,1-3H3,(H,18,22)(H,19,21)(H,23,24). The summed E-state index contributed by atoms with van der Waals surface area (Å²) in [5, 5.41) is 14.3. The summed E-state index contributed by atoms with van der Waals surface area (Å²) >= 11 is 1.49. The molecule has 0 fully saturated rings. The molecular weight excluding hydrogens is 346 g/mol. The highest BCUT2D eigenvalue weighted by atomic mass is 32.2. The van der Waals surface area contributed by atoms with Gasteiger partial charge in [-0.1, -0.05) is 0 Å². The van der Waals surface area contributed by atoms with Crippen molar-refractivity contribution in [1.82, 2.24) is 20.2 Å². The molecule has 0 bridgehead atoms. The van der Waals surface area contributed by atoms with E-state index in [1.807, 2.05) is 6.26 Å². The van der Waals surface area contributed by atoms with Crippen molar-refractivity contribution >= 4 is 29.5 Å². The van der Waals surface area contributed by atoms with Crippen molar-refractivity contribution < 1.29 is 19.5 Å². The average Bonchev–Trinajstić information content (AvgIpc) is 2.95. The first-order valence-corrected chi connectivity index (χ1v) is 9.18. The molecule has 9 nitrogen and oxygen atoms in total. The monoisotopic (exact) mass is 371 g/mol. The Morgan fingerprint density at radius 1 is 1.32 bits per heavy atom. The van der Waals surface area contributed by atoms with E-state index in [1.165, 1.54) is 18.7 Å². The lowest BCUT2D eigenvalue weighted by molar-refractivity contribution is -0.142. The molecule has 0 spiro atoms. The Bertz CT molecular complexity index is 604. The molecule has 0 aliphatic heterocycles. The Morgan fingerprint density at radius 3 is 2.44 bits per heavy atom. The molecular formula is C15H25N5O4S. The van der Waals surface area contributed by atoms with Gasteiger partial charge in [-0.15, -0.1) is 0 Å². The number of thioether (sulfide) groups is 1. The average molecular weight is 371 g/mol. The summed E-state index contributed by atoms with van der Waals surface area (Å²) in [6, 6.07) is -2.74. The van der Waals surface area contributed by atoms with E-state index >= 15 is 0 Å². The van der Waals surface area contributed by atoms with Gasteiger partial charge in [0.05, 0.1) is 12.4 Å². The Balaban J connectivity index is 2.88. The minimum Gasteiger partial charge on any atom is -0.480 e. The SMILES string of the molecule is CSCCC(NC(=O)C(Cc1cncn1C)NC(=O)C(C)N)C(=O)O. The van der Waals surface area contributed by atoms with Crippen LogP contribution in [0.15, 0.2) is 12.5 Å². The summed E-state index contributed by atoms with van der Waals surface area (Å²) in [6.07, 6.45) is 5.49. The number of aryl methyl sites for hydroxylation is 1. The van der Waals surface area contributed by atoms with Gasteiger partial charge < -0.3 is 26.0 Å². The van der Waals surface area contributed by atoms with Crippen molar-refractivity contribution in [3.05, 3.63) is 18.2 Å². The maximum atomic E-state index is 12.6. The molecule has 2 amide bonds. The number of carbonyl (C=O) groups excluding carboxylic acids is 2. The number of amides is 2. The van der Waals surface area contributed by atoms with Crippen molar-refractivity contribution in [3.63, 3.8) is 0 Å². The van der Waals surface area contributed by atoms with Crippen LogP contribution in [0.25, 0.3) is 0 Å². The zero-order chi connectivity index (χ0) is 19.0. The van der Waals surface area contributed by atoms with Gasteiger partial charge in [0, 0.05) is 25.4 Å². The smallest absolute Gasteiger partial charge is 0.326 e. The van der Waals surface area contributed by atoms with Crippen molar-refractivity contribution in [3.8, 4) is 0 Å². The third kappa shape index (κ3) is 6.75.